The number of nitrogens with zero attached hydrogens (tertiary/aromatic N) is 2. The number of aromatic nitrogens is 2. The normalized spacial score (nSPS) is 13.2. The van der Waals surface area contributed by atoms with Crippen LogP contribution in [0.15, 0.2) is 70.6 Å². The standard InChI is InChI=1S/C27H27ClN2O3S2/c1-16(2)18(4)27(32)33-17(3)14-34-22-11-9-21(10-12-22)30-15-29-23-13-24(35-25(23)26(30)31)19-5-7-20(28)8-6-19/h5-13,15-18H,14H2,1-4H3/t17?,18-/m0/s1. The van der Waals surface area contributed by atoms with Crippen LogP contribution in [0.25, 0.3) is 26.3 Å². The average molecular weight is 527 g/mol. The van der Waals surface area contributed by atoms with E-state index in [1.54, 1.807) is 22.7 Å². The molecule has 0 bridgehead atoms. The zero-order chi connectivity index (χ0) is 25.1. The van der Waals surface area contributed by atoms with Gasteiger partial charge in [-0.05, 0) is 60.9 Å². The van der Waals surface area contributed by atoms with E-state index >= 15 is 0 Å². The number of ether oxygens (including phenoxy) is 1. The Morgan fingerprint density at radius 1 is 1.09 bits per heavy atom. The lowest BCUT2D eigenvalue weighted by atomic mass is 9.98. The summed E-state index contributed by atoms with van der Waals surface area (Å²) in [6.07, 6.45) is 1.39. The summed E-state index contributed by atoms with van der Waals surface area (Å²) < 4.78 is 7.74. The van der Waals surface area contributed by atoms with Crippen molar-refractivity contribution in [3.63, 3.8) is 0 Å². The highest BCUT2D eigenvalue weighted by Gasteiger charge is 2.20. The van der Waals surface area contributed by atoms with Crippen molar-refractivity contribution in [1.29, 1.82) is 0 Å². The lowest BCUT2D eigenvalue weighted by Gasteiger charge is -2.18. The molecule has 2 aromatic carbocycles. The maximum atomic E-state index is 13.2. The van der Waals surface area contributed by atoms with E-state index in [9.17, 15) is 9.59 Å². The van der Waals surface area contributed by atoms with Gasteiger partial charge in [-0.1, -0.05) is 44.5 Å². The number of hydrogen-bond donors (Lipinski definition) is 0. The van der Waals surface area contributed by atoms with Crippen molar-refractivity contribution in [2.24, 2.45) is 11.8 Å². The number of thiophene rings is 1. The minimum atomic E-state index is -0.184. The number of benzene rings is 2. The minimum Gasteiger partial charge on any atom is -0.462 e. The van der Waals surface area contributed by atoms with Crippen LogP contribution in [0.2, 0.25) is 5.02 Å². The summed E-state index contributed by atoms with van der Waals surface area (Å²) in [5.74, 6) is 0.645. The van der Waals surface area contributed by atoms with Gasteiger partial charge in [-0.25, -0.2) is 4.98 Å². The first-order chi connectivity index (χ1) is 16.7. The molecule has 2 aromatic heterocycles. The fraction of sp³-hybridized carbons (Fsp3) is 0.296. The lowest BCUT2D eigenvalue weighted by molar-refractivity contribution is -0.153. The van der Waals surface area contributed by atoms with E-state index in [0.717, 1.165) is 21.0 Å². The fourth-order valence-electron chi connectivity index (χ4n) is 3.38. The first-order valence-electron chi connectivity index (χ1n) is 11.4. The van der Waals surface area contributed by atoms with Gasteiger partial charge in [0.1, 0.15) is 17.1 Å². The van der Waals surface area contributed by atoms with Crippen LogP contribution in [0.4, 0.5) is 0 Å². The summed E-state index contributed by atoms with van der Waals surface area (Å²) in [6, 6.07) is 17.2. The Morgan fingerprint density at radius 2 is 1.77 bits per heavy atom. The van der Waals surface area contributed by atoms with Crippen molar-refractivity contribution < 1.29 is 9.53 Å². The summed E-state index contributed by atoms with van der Waals surface area (Å²) in [5.41, 5.74) is 2.34. The molecule has 8 heteroatoms. The Labute approximate surface area is 218 Å². The van der Waals surface area contributed by atoms with Gasteiger partial charge in [-0.2, -0.15) is 0 Å². The van der Waals surface area contributed by atoms with Crippen LogP contribution in [-0.2, 0) is 9.53 Å². The number of rotatable bonds is 8. The van der Waals surface area contributed by atoms with Crippen molar-refractivity contribution in [2.45, 2.75) is 38.7 Å². The molecule has 2 heterocycles. The Kier molecular flexibility index (Phi) is 7.99. The first-order valence-corrected chi connectivity index (χ1v) is 13.6. The largest absolute Gasteiger partial charge is 0.462 e. The smallest absolute Gasteiger partial charge is 0.309 e. The molecule has 0 amide bonds. The van der Waals surface area contributed by atoms with E-state index in [-0.39, 0.29) is 29.5 Å². The van der Waals surface area contributed by atoms with Crippen LogP contribution >= 0.6 is 34.7 Å². The Morgan fingerprint density at radius 3 is 2.43 bits per heavy atom. The van der Waals surface area contributed by atoms with E-state index in [0.29, 0.717) is 21.0 Å². The van der Waals surface area contributed by atoms with Crippen LogP contribution in [-0.4, -0.2) is 27.4 Å². The summed E-state index contributed by atoms with van der Waals surface area (Å²) in [5, 5.41) is 0.674. The Balaban J connectivity index is 1.46. The van der Waals surface area contributed by atoms with Crippen LogP contribution in [0.3, 0.4) is 0 Å². The molecule has 182 valence electrons. The molecule has 1 unspecified atom stereocenters. The SMILES string of the molecule is CC(CSc1ccc(-n2cnc3cc(-c4ccc(Cl)cc4)sc3c2=O)cc1)OC(=O)[C@@H](C)C(C)C. The number of esters is 1. The maximum Gasteiger partial charge on any atom is 0.309 e. The van der Waals surface area contributed by atoms with Gasteiger partial charge in [0.25, 0.3) is 5.56 Å². The molecule has 4 rings (SSSR count). The molecule has 4 aromatic rings. The zero-order valence-corrected chi connectivity index (χ0v) is 22.4. The highest BCUT2D eigenvalue weighted by Crippen LogP contribution is 2.31. The molecule has 0 spiro atoms. The third-order valence-corrected chi connectivity index (χ3v) is 8.51. The van der Waals surface area contributed by atoms with Gasteiger partial charge in [-0.15, -0.1) is 23.1 Å². The predicted molar refractivity (Wildman–Crippen MR) is 146 cm³/mol. The van der Waals surface area contributed by atoms with Crippen molar-refractivity contribution in [3.05, 3.63) is 76.3 Å². The van der Waals surface area contributed by atoms with Gasteiger partial charge >= 0.3 is 5.97 Å². The quantitative estimate of drug-likeness (QED) is 0.181. The monoisotopic (exact) mass is 526 g/mol. The topological polar surface area (TPSA) is 61.2 Å². The minimum absolute atomic E-state index is 0.0968. The van der Waals surface area contributed by atoms with Gasteiger partial charge in [-0.3, -0.25) is 14.2 Å². The molecule has 0 aliphatic rings. The highest BCUT2D eigenvalue weighted by molar-refractivity contribution is 7.99. The van der Waals surface area contributed by atoms with Crippen molar-refractivity contribution in [3.8, 4) is 16.1 Å². The molecule has 0 N–H and O–H groups in total. The van der Waals surface area contributed by atoms with E-state index in [1.807, 2.05) is 82.3 Å². The predicted octanol–water partition coefficient (Wildman–Crippen LogP) is 7.08. The van der Waals surface area contributed by atoms with Gasteiger partial charge in [0.2, 0.25) is 0 Å². The van der Waals surface area contributed by atoms with Gasteiger partial charge < -0.3 is 4.74 Å². The summed E-state index contributed by atoms with van der Waals surface area (Å²) in [7, 11) is 0. The second kappa shape index (κ2) is 11.0. The average Bonchev–Trinajstić information content (AvgIpc) is 3.28. The number of thioether (sulfide) groups is 1. The highest BCUT2D eigenvalue weighted by atomic mass is 35.5. The lowest BCUT2D eigenvalue weighted by Crippen LogP contribution is -2.25. The third kappa shape index (κ3) is 5.97. The Bertz CT molecular complexity index is 1380. The molecule has 0 radical (unpaired) electrons. The molecule has 0 saturated heterocycles. The number of fused-ring (bicyclic) bond motifs is 1. The molecule has 0 aliphatic heterocycles. The van der Waals surface area contributed by atoms with Crippen LogP contribution in [0.5, 0.6) is 0 Å². The van der Waals surface area contributed by atoms with E-state index in [4.69, 9.17) is 16.3 Å². The maximum absolute atomic E-state index is 13.2. The van der Waals surface area contributed by atoms with Crippen LogP contribution in [0.1, 0.15) is 27.7 Å². The molecule has 2 atom stereocenters. The molecule has 5 nitrogen and oxygen atoms in total. The number of carbonyl (C=O) groups is 1. The van der Waals surface area contributed by atoms with Crippen molar-refractivity contribution in [2.75, 3.05) is 5.75 Å². The summed E-state index contributed by atoms with van der Waals surface area (Å²) >= 11 is 9.04. The first kappa shape index (κ1) is 25.5. The Hall–Kier alpha value is -2.61. The number of halogens is 1. The van der Waals surface area contributed by atoms with Gasteiger partial charge in [0.15, 0.2) is 0 Å². The summed E-state index contributed by atoms with van der Waals surface area (Å²) in [4.78, 5) is 31.9. The molecule has 0 fully saturated rings. The molecule has 0 saturated carbocycles. The van der Waals surface area contributed by atoms with Crippen LogP contribution in [0, 0.1) is 11.8 Å². The van der Waals surface area contributed by atoms with E-state index < -0.39 is 0 Å². The summed E-state index contributed by atoms with van der Waals surface area (Å²) in [6.45, 7) is 7.84. The van der Waals surface area contributed by atoms with Crippen LogP contribution < -0.4 is 5.56 Å². The van der Waals surface area contributed by atoms with E-state index in [1.165, 1.54) is 11.3 Å². The number of carbonyl (C=O) groups excluding carboxylic acids is 1. The molecule has 0 aliphatic carbocycles. The van der Waals surface area contributed by atoms with Crippen molar-refractivity contribution >= 4 is 50.9 Å². The fourth-order valence-corrected chi connectivity index (χ4v) is 5.38. The second-order valence-electron chi connectivity index (χ2n) is 8.84. The molecule has 35 heavy (non-hydrogen) atoms. The third-order valence-electron chi connectivity index (χ3n) is 5.86. The zero-order valence-electron chi connectivity index (χ0n) is 20.0. The van der Waals surface area contributed by atoms with E-state index in [2.05, 4.69) is 4.98 Å². The molecular formula is C27H27ClN2O3S2. The molecular weight excluding hydrogens is 500 g/mol. The van der Waals surface area contributed by atoms with Crippen molar-refractivity contribution in [1.82, 2.24) is 9.55 Å². The second-order valence-corrected chi connectivity index (χ2v) is 11.4. The number of hydrogen-bond acceptors (Lipinski definition) is 6. The van der Waals surface area contributed by atoms with Gasteiger partial charge in [0, 0.05) is 20.5 Å². The van der Waals surface area contributed by atoms with Gasteiger partial charge in [0.05, 0.1) is 17.1 Å².